The summed E-state index contributed by atoms with van der Waals surface area (Å²) in [7, 11) is 0. The number of nitro benzene ring substituents is 1. The molecule has 0 saturated carbocycles. The van der Waals surface area contributed by atoms with E-state index < -0.39 is 46.2 Å². The van der Waals surface area contributed by atoms with Crippen LogP contribution in [0.2, 0.25) is 0 Å². The predicted molar refractivity (Wildman–Crippen MR) is 131 cm³/mol. The first-order valence-corrected chi connectivity index (χ1v) is 11.6. The van der Waals surface area contributed by atoms with Crippen LogP contribution >= 0.6 is 0 Å². The van der Waals surface area contributed by atoms with Crippen molar-refractivity contribution in [2.45, 2.75) is 32.9 Å². The second-order valence-electron chi connectivity index (χ2n) is 9.55. The fourth-order valence-corrected chi connectivity index (χ4v) is 4.66. The number of rotatable bonds is 5. The third-order valence-corrected chi connectivity index (χ3v) is 6.49. The minimum Gasteiger partial charge on any atom is -0.410 e. The number of carbonyl (C=O) groups is 2. The van der Waals surface area contributed by atoms with Crippen molar-refractivity contribution in [1.29, 1.82) is 0 Å². The number of ether oxygens (including phenoxy) is 1. The number of non-ortho nitro benzene ring substituents is 1. The second kappa shape index (κ2) is 9.96. The van der Waals surface area contributed by atoms with E-state index >= 15 is 0 Å². The molecule has 1 saturated heterocycles. The smallest absolute Gasteiger partial charge is 0.410 e. The van der Waals surface area contributed by atoms with Crippen molar-refractivity contribution in [3.05, 3.63) is 106 Å². The van der Waals surface area contributed by atoms with Crippen LogP contribution in [-0.2, 0) is 0 Å². The Bertz CT molecular complexity index is 1330. The number of nitro groups is 1. The van der Waals surface area contributed by atoms with Gasteiger partial charge in [-0.1, -0.05) is 50.2 Å². The van der Waals surface area contributed by atoms with Crippen molar-refractivity contribution in [1.82, 2.24) is 9.80 Å². The number of carbonyl (C=O) groups excluding carboxylic acids is 2. The van der Waals surface area contributed by atoms with Crippen molar-refractivity contribution in [3.63, 3.8) is 0 Å². The van der Waals surface area contributed by atoms with Crippen molar-refractivity contribution in [2.75, 3.05) is 6.54 Å². The van der Waals surface area contributed by atoms with E-state index in [1.54, 1.807) is 0 Å². The van der Waals surface area contributed by atoms with Crippen LogP contribution in [0.3, 0.4) is 0 Å². The summed E-state index contributed by atoms with van der Waals surface area (Å²) in [6.07, 6.45) is -1.05. The molecule has 1 unspecified atom stereocenters. The summed E-state index contributed by atoms with van der Waals surface area (Å²) >= 11 is 0. The maximum Gasteiger partial charge on any atom is 0.424 e. The molecule has 1 fully saturated rings. The van der Waals surface area contributed by atoms with E-state index in [9.17, 15) is 28.5 Å². The lowest BCUT2D eigenvalue weighted by atomic mass is 9.77. The van der Waals surface area contributed by atoms with Crippen LogP contribution in [0.4, 0.5) is 24.1 Å². The fraction of sp³-hybridized carbons (Fsp3) is 0.259. The lowest BCUT2D eigenvalue weighted by Gasteiger charge is -2.50. The normalized spacial score (nSPS) is 17.9. The Morgan fingerprint density at radius 3 is 2.30 bits per heavy atom. The van der Waals surface area contributed by atoms with Crippen molar-refractivity contribution < 1.29 is 28.0 Å². The SMILES string of the molecule is C[C@H](c1ccccc1)N1CC(C)(C)C(c2ccc(F)c(F)c2)N(C(=O)Oc2ccc([N+](=O)[O-])cc2)C1=O. The molecule has 0 N–H and O–H groups in total. The molecule has 1 aliphatic rings. The zero-order chi connectivity index (χ0) is 26.9. The van der Waals surface area contributed by atoms with Gasteiger partial charge >= 0.3 is 12.1 Å². The van der Waals surface area contributed by atoms with Crippen LogP contribution in [0, 0.1) is 27.2 Å². The third kappa shape index (κ3) is 5.13. The minimum atomic E-state index is -1.11. The van der Waals surface area contributed by atoms with Crippen LogP contribution in [0.25, 0.3) is 0 Å². The van der Waals surface area contributed by atoms with E-state index in [4.69, 9.17) is 4.74 Å². The van der Waals surface area contributed by atoms with E-state index in [1.807, 2.05) is 51.1 Å². The first-order valence-electron chi connectivity index (χ1n) is 11.6. The molecule has 1 aliphatic heterocycles. The molecule has 10 heteroatoms. The molecule has 8 nitrogen and oxygen atoms in total. The van der Waals surface area contributed by atoms with Gasteiger partial charge in [-0.25, -0.2) is 23.3 Å². The maximum absolute atomic E-state index is 14.2. The monoisotopic (exact) mass is 509 g/mol. The highest BCUT2D eigenvalue weighted by molar-refractivity contribution is 5.93. The van der Waals surface area contributed by atoms with Gasteiger partial charge in [-0.15, -0.1) is 0 Å². The molecule has 0 aromatic heterocycles. The van der Waals surface area contributed by atoms with Gasteiger partial charge in [0.1, 0.15) is 5.75 Å². The molecule has 0 aliphatic carbocycles. The Hall–Kier alpha value is -4.34. The third-order valence-electron chi connectivity index (χ3n) is 6.49. The van der Waals surface area contributed by atoms with Gasteiger partial charge in [-0.05, 0) is 42.3 Å². The van der Waals surface area contributed by atoms with Gasteiger partial charge in [0.05, 0.1) is 17.0 Å². The highest BCUT2D eigenvalue weighted by Gasteiger charge is 2.50. The molecule has 0 bridgehead atoms. The lowest BCUT2D eigenvalue weighted by molar-refractivity contribution is -0.384. The maximum atomic E-state index is 14.2. The van der Waals surface area contributed by atoms with Gasteiger partial charge in [0, 0.05) is 24.1 Å². The lowest BCUT2D eigenvalue weighted by Crippen LogP contribution is -2.60. The standard InChI is InChI=1S/C27H25F2N3O5/c1-17(18-7-5-4-6-8-18)30-16-27(2,3)24(19-9-14-22(28)23(29)15-19)31(25(30)33)26(34)37-21-12-10-20(11-13-21)32(35)36/h4-15,17,24H,16H2,1-3H3/t17-,24?/m1/s1. The van der Waals surface area contributed by atoms with Gasteiger partial charge in [0.15, 0.2) is 11.6 Å². The van der Waals surface area contributed by atoms with Gasteiger partial charge < -0.3 is 9.64 Å². The Morgan fingerprint density at radius 2 is 1.70 bits per heavy atom. The molecule has 192 valence electrons. The van der Waals surface area contributed by atoms with Gasteiger partial charge in [-0.2, -0.15) is 0 Å². The highest BCUT2D eigenvalue weighted by atomic mass is 19.2. The second-order valence-corrected chi connectivity index (χ2v) is 9.55. The molecule has 2 atom stereocenters. The van der Waals surface area contributed by atoms with Gasteiger partial charge in [-0.3, -0.25) is 10.1 Å². The molecule has 0 spiro atoms. The fourth-order valence-electron chi connectivity index (χ4n) is 4.66. The quantitative estimate of drug-likeness (QED) is 0.284. The Labute approximate surface area is 212 Å². The number of benzene rings is 3. The van der Waals surface area contributed by atoms with E-state index in [0.29, 0.717) is 0 Å². The number of urea groups is 1. The molecule has 1 heterocycles. The summed E-state index contributed by atoms with van der Waals surface area (Å²) in [4.78, 5) is 40.1. The zero-order valence-electron chi connectivity index (χ0n) is 20.4. The molecule has 4 rings (SSSR count). The number of hydrogen-bond acceptors (Lipinski definition) is 5. The van der Waals surface area contributed by atoms with E-state index in [0.717, 1.165) is 22.6 Å². The summed E-state index contributed by atoms with van der Waals surface area (Å²) in [6, 6.07) is 15.3. The van der Waals surface area contributed by atoms with Crippen molar-refractivity contribution in [2.24, 2.45) is 5.41 Å². The topological polar surface area (TPSA) is 93.0 Å². The number of imide groups is 1. The first-order chi connectivity index (χ1) is 17.5. The summed E-state index contributed by atoms with van der Waals surface area (Å²) in [5.41, 5.74) is 0.0689. The summed E-state index contributed by atoms with van der Waals surface area (Å²) in [6.45, 7) is 5.69. The van der Waals surface area contributed by atoms with Crippen LogP contribution in [0.1, 0.15) is 44.0 Å². The number of halogens is 2. The van der Waals surface area contributed by atoms with E-state index in [-0.39, 0.29) is 23.5 Å². The van der Waals surface area contributed by atoms with Crippen LogP contribution in [-0.4, -0.2) is 33.4 Å². The molecule has 37 heavy (non-hydrogen) atoms. The van der Waals surface area contributed by atoms with Crippen LogP contribution < -0.4 is 4.74 Å². The Morgan fingerprint density at radius 1 is 1.05 bits per heavy atom. The number of amides is 3. The summed E-state index contributed by atoms with van der Waals surface area (Å²) in [5, 5.41) is 10.9. The molecule has 3 amide bonds. The number of hydrogen-bond donors (Lipinski definition) is 0. The predicted octanol–water partition coefficient (Wildman–Crippen LogP) is 6.64. The Balaban J connectivity index is 1.75. The molecule has 3 aromatic carbocycles. The number of nitrogens with zero attached hydrogens (tertiary/aromatic N) is 3. The van der Waals surface area contributed by atoms with Crippen molar-refractivity contribution >= 4 is 17.8 Å². The summed E-state index contributed by atoms with van der Waals surface area (Å²) < 4.78 is 33.4. The molecular formula is C27H25F2N3O5. The Kier molecular flexibility index (Phi) is 6.93. The van der Waals surface area contributed by atoms with Crippen LogP contribution in [0.15, 0.2) is 72.8 Å². The van der Waals surface area contributed by atoms with Crippen LogP contribution in [0.5, 0.6) is 5.75 Å². The summed E-state index contributed by atoms with van der Waals surface area (Å²) in [5.74, 6) is -2.17. The van der Waals surface area contributed by atoms with Gasteiger partial charge in [0.25, 0.3) is 5.69 Å². The van der Waals surface area contributed by atoms with Crippen molar-refractivity contribution in [3.8, 4) is 5.75 Å². The largest absolute Gasteiger partial charge is 0.424 e. The molecule has 0 radical (unpaired) electrons. The first kappa shape index (κ1) is 25.7. The van der Waals surface area contributed by atoms with Gasteiger partial charge in [0.2, 0.25) is 0 Å². The average Bonchev–Trinajstić information content (AvgIpc) is 2.87. The highest BCUT2D eigenvalue weighted by Crippen LogP contribution is 2.46. The van der Waals surface area contributed by atoms with E-state index in [1.165, 1.54) is 35.2 Å². The molecular weight excluding hydrogens is 484 g/mol. The minimum absolute atomic E-state index is 0.0153. The van der Waals surface area contributed by atoms with E-state index in [2.05, 4.69) is 0 Å². The zero-order valence-corrected chi connectivity index (χ0v) is 20.4. The average molecular weight is 510 g/mol. The molecule has 3 aromatic rings.